The van der Waals surface area contributed by atoms with Gasteiger partial charge in [-0.1, -0.05) is 164 Å². The van der Waals surface area contributed by atoms with Crippen LogP contribution in [0.3, 0.4) is 0 Å². The van der Waals surface area contributed by atoms with Crippen LogP contribution >= 0.6 is 7.82 Å². The van der Waals surface area contributed by atoms with Gasteiger partial charge in [0.15, 0.2) is 0 Å². The number of phosphoric ester groups is 1. The van der Waals surface area contributed by atoms with Crippen molar-refractivity contribution in [2.45, 2.75) is 193 Å². The van der Waals surface area contributed by atoms with Gasteiger partial charge in [0.05, 0.1) is 26.4 Å². The number of ether oxygens (including phenoxy) is 2. The van der Waals surface area contributed by atoms with E-state index in [0.717, 1.165) is 83.5 Å². The number of unbranched alkanes of at least 4 members (excludes halogenated alkanes) is 17. The highest BCUT2D eigenvalue weighted by Gasteiger charge is 2.26. The summed E-state index contributed by atoms with van der Waals surface area (Å²) in [6, 6.07) is 0. The van der Waals surface area contributed by atoms with Crippen molar-refractivity contribution < 1.29 is 43.0 Å². The first kappa shape index (κ1) is 55.9. The number of aliphatic hydroxyl groups is 2. The number of carbonyl (C=O) groups excluding carboxylic acids is 1. The molecular formula is C48H85O9P. The van der Waals surface area contributed by atoms with Gasteiger partial charge in [0.2, 0.25) is 0 Å². The molecule has 0 aliphatic carbocycles. The van der Waals surface area contributed by atoms with Crippen LogP contribution in [0.1, 0.15) is 181 Å². The Morgan fingerprint density at radius 2 is 0.983 bits per heavy atom. The summed E-state index contributed by atoms with van der Waals surface area (Å²) in [4.78, 5) is 22.6. The molecule has 9 nitrogen and oxygen atoms in total. The van der Waals surface area contributed by atoms with Crippen LogP contribution in [0.4, 0.5) is 0 Å². The lowest BCUT2D eigenvalue weighted by Gasteiger charge is -2.20. The van der Waals surface area contributed by atoms with Crippen LogP contribution in [0.2, 0.25) is 0 Å². The fourth-order valence-electron chi connectivity index (χ4n) is 5.91. The minimum absolute atomic E-state index is 0.0350. The van der Waals surface area contributed by atoms with E-state index in [1.807, 2.05) is 0 Å². The highest BCUT2D eigenvalue weighted by Crippen LogP contribution is 2.43. The number of rotatable bonds is 43. The summed E-state index contributed by atoms with van der Waals surface area (Å²) >= 11 is 0. The van der Waals surface area contributed by atoms with Crippen LogP contribution < -0.4 is 0 Å². The first-order valence-corrected chi connectivity index (χ1v) is 24.4. The molecule has 0 aromatic carbocycles. The van der Waals surface area contributed by atoms with Gasteiger partial charge in [0, 0.05) is 13.0 Å². The Kier molecular flexibility index (Phi) is 42.8. The first-order chi connectivity index (χ1) is 28.3. The summed E-state index contributed by atoms with van der Waals surface area (Å²) in [5, 5.41) is 18.4. The maximum atomic E-state index is 12.6. The highest BCUT2D eigenvalue weighted by molar-refractivity contribution is 7.47. The van der Waals surface area contributed by atoms with Crippen LogP contribution in [-0.4, -0.2) is 66.3 Å². The molecule has 3 N–H and O–H groups in total. The molecule has 0 saturated heterocycles. The summed E-state index contributed by atoms with van der Waals surface area (Å²) in [6.07, 6.45) is 52.8. The standard InChI is InChI=1S/C48H85O9P/c1-3-5-7-9-11-13-15-17-19-21-22-23-25-27-29-31-33-35-37-39-41-54-44-47(45-56-58(52,53)55-43-46(50)42-49)57-48(51)40-38-36-34-32-30-28-26-24-20-18-16-14-12-10-8-6-4-2/h5,7,11-14,17-20,22-23,46-47,49-50H,3-4,6,8-10,15-16,21,24-45H2,1-2H3,(H,52,53)/b7-5-,13-11-,14-12-,19-17-,20-18-,23-22-. The zero-order valence-electron chi connectivity index (χ0n) is 36.7. The summed E-state index contributed by atoms with van der Waals surface area (Å²) < 4.78 is 33.4. The third-order valence-electron chi connectivity index (χ3n) is 9.38. The zero-order chi connectivity index (χ0) is 42.5. The summed E-state index contributed by atoms with van der Waals surface area (Å²) in [6.45, 7) is 3.34. The quantitative estimate of drug-likeness (QED) is 0.0238. The van der Waals surface area contributed by atoms with Gasteiger partial charge >= 0.3 is 13.8 Å². The minimum Gasteiger partial charge on any atom is -0.457 e. The number of phosphoric acid groups is 1. The SMILES string of the molecule is CC/C=C\C/C=C\C/C=C\C/C=C\CCCCCCCCCOCC(COP(=O)(O)OCC(O)CO)OC(=O)CCCCCCCCC/C=C\C/C=C\CCCCC. The molecule has 0 aliphatic heterocycles. The lowest BCUT2D eigenvalue weighted by atomic mass is 10.1. The lowest BCUT2D eigenvalue weighted by Crippen LogP contribution is -2.29. The number of hydrogen-bond acceptors (Lipinski definition) is 8. The van der Waals surface area contributed by atoms with Crippen LogP contribution in [0.25, 0.3) is 0 Å². The summed E-state index contributed by atoms with van der Waals surface area (Å²) in [5.41, 5.74) is 0. The Morgan fingerprint density at radius 1 is 0.552 bits per heavy atom. The van der Waals surface area contributed by atoms with Gasteiger partial charge in [0.25, 0.3) is 0 Å². The van der Waals surface area contributed by atoms with Crippen molar-refractivity contribution in [2.24, 2.45) is 0 Å². The minimum atomic E-state index is -4.53. The normalized spacial score (nSPS) is 14.6. The number of aliphatic hydroxyl groups excluding tert-OH is 2. The number of carbonyl (C=O) groups is 1. The van der Waals surface area contributed by atoms with Gasteiger partial charge in [-0.15, -0.1) is 0 Å². The zero-order valence-corrected chi connectivity index (χ0v) is 37.6. The van der Waals surface area contributed by atoms with E-state index in [-0.39, 0.29) is 19.6 Å². The molecule has 10 heteroatoms. The topological polar surface area (TPSA) is 132 Å². The predicted octanol–water partition coefficient (Wildman–Crippen LogP) is 12.9. The molecule has 0 aromatic heterocycles. The molecule has 0 bridgehead atoms. The van der Waals surface area contributed by atoms with Gasteiger partial charge < -0.3 is 24.6 Å². The van der Waals surface area contributed by atoms with Crippen molar-refractivity contribution in [3.05, 3.63) is 72.9 Å². The van der Waals surface area contributed by atoms with Crippen molar-refractivity contribution in [1.29, 1.82) is 0 Å². The van der Waals surface area contributed by atoms with Crippen molar-refractivity contribution >= 4 is 13.8 Å². The molecule has 0 aliphatic rings. The molecule has 3 unspecified atom stereocenters. The Morgan fingerprint density at radius 3 is 1.48 bits per heavy atom. The average molecular weight is 837 g/mol. The number of hydrogen-bond donors (Lipinski definition) is 3. The molecule has 3 atom stereocenters. The van der Waals surface area contributed by atoms with Crippen molar-refractivity contribution in [3.63, 3.8) is 0 Å². The van der Waals surface area contributed by atoms with Gasteiger partial charge in [-0.05, 0) is 83.5 Å². The van der Waals surface area contributed by atoms with E-state index in [0.29, 0.717) is 13.0 Å². The molecular weight excluding hydrogens is 751 g/mol. The van der Waals surface area contributed by atoms with Crippen LogP contribution in [-0.2, 0) is 27.9 Å². The van der Waals surface area contributed by atoms with E-state index in [4.69, 9.17) is 23.6 Å². The third-order valence-corrected chi connectivity index (χ3v) is 10.3. The van der Waals surface area contributed by atoms with Crippen molar-refractivity contribution in [3.8, 4) is 0 Å². The molecule has 0 aromatic rings. The van der Waals surface area contributed by atoms with Gasteiger partial charge in [-0.25, -0.2) is 4.57 Å². The first-order valence-electron chi connectivity index (χ1n) is 22.9. The average Bonchev–Trinajstić information content (AvgIpc) is 3.21. The third kappa shape index (κ3) is 43.5. The molecule has 0 heterocycles. The molecule has 336 valence electrons. The Hall–Kier alpha value is -2.10. The van der Waals surface area contributed by atoms with E-state index in [2.05, 4.69) is 86.8 Å². The monoisotopic (exact) mass is 837 g/mol. The second-order valence-corrected chi connectivity index (χ2v) is 16.5. The molecule has 0 spiro atoms. The second kappa shape index (κ2) is 44.5. The maximum Gasteiger partial charge on any atom is 0.472 e. The molecule has 58 heavy (non-hydrogen) atoms. The van der Waals surface area contributed by atoms with Crippen molar-refractivity contribution in [1.82, 2.24) is 0 Å². The number of esters is 1. The summed E-state index contributed by atoms with van der Waals surface area (Å²) in [7, 11) is -4.53. The van der Waals surface area contributed by atoms with Crippen LogP contribution in [0.5, 0.6) is 0 Å². The molecule has 0 saturated carbocycles. The molecule has 0 amide bonds. The van der Waals surface area contributed by atoms with E-state index in [9.17, 15) is 19.4 Å². The van der Waals surface area contributed by atoms with E-state index >= 15 is 0 Å². The smallest absolute Gasteiger partial charge is 0.457 e. The lowest BCUT2D eigenvalue weighted by molar-refractivity contribution is -0.154. The second-order valence-electron chi connectivity index (χ2n) is 15.0. The van der Waals surface area contributed by atoms with Gasteiger partial charge in [-0.3, -0.25) is 13.8 Å². The molecule has 0 radical (unpaired) electrons. The fourth-order valence-corrected chi connectivity index (χ4v) is 6.70. The van der Waals surface area contributed by atoms with Gasteiger partial charge in [0.1, 0.15) is 12.2 Å². The van der Waals surface area contributed by atoms with E-state index < -0.39 is 39.2 Å². The van der Waals surface area contributed by atoms with E-state index in [1.54, 1.807) is 0 Å². The molecule has 0 fully saturated rings. The summed E-state index contributed by atoms with van der Waals surface area (Å²) in [5.74, 6) is -0.397. The van der Waals surface area contributed by atoms with Crippen LogP contribution in [0, 0.1) is 0 Å². The van der Waals surface area contributed by atoms with Crippen molar-refractivity contribution in [2.75, 3.05) is 33.0 Å². The van der Waals surface area contributed by atoms with Crippen LogP contribution in [0.15, 0.2) is 72.9 Å². The van der Waals surface area contributed by atoms with Gasteiger partial charge in [-0.2, -0.15) is 0 Å². The number of allylic oxidation sites excluding steroid dienone is 12. The maximum absolute atomic E-state index is 12.6. The van der Waals surface area contributed by atoms with E-state index in [1.165, 1.54) is 70.6 Å². The Balaban J connectivity index is 4.19. The Labute approximate surface area is 354 Å². The predicted molar refractivity (Wildman–Crippen MR) is 242 cm³/mol. The largest absolute Gasteiger partial charge is 0.472 e. The fraction of sp³-hybridized carbons (Fsp3) is 0.729. The highest BCUT2D eigenvalue weighted by atomic mass is 31.2. The molecule has 0 rings (SSSR count). The Bertz CT molecular complexity index is 1130.